The van der Waals surface area contributed by atoms with Crippen molar-refractivity contribution in [2.24, 2.45) is 0 Å². The van der Waals surface area contributed by atoms with E-state index < -0.39 is 0 Å². The van der Waals surface area contributed by atoms with Gasteiger partial charge in [0.15, 0.2) is 5.13 Å². The number of likely N-dealkylation sites (N-methyl/N-ethyl adjacent to an activating group) is 1. The van der Waals surface area contributed by atoms with Crippen LogP contribution in [0.3, 0.4) is 0 Å². The second-order valence-corrected chi connectivity index (χ2v) is 8.41. The molecule has 29 heavy (non-hydrogen) atoms. The molecule has 1 amide bonds. The first-order valence-electron chi connectivity index (χ1n) is 9.33. The molecule has 0 saturated heterocycles. The molecule has 0 spiro atoms. The monoisotopic (exact) mass is 499 g/mol. The minimum atomic E-state index is -0.300. The average Bonchev–Trinajstić information content (AvgIpc) is 3.09. The van der Waals surface area contributed by atoms with Gasteiger partial charge in [-0.15, -0.1) is 12.4 Å². The summed E-state index contributed by atoms with van der Waals surface area (Å²) in [4.78, 5) is 21.8. The highest BCUT2D eigenvalue weighted by atomic mass is 79.9. The molecule has 0 atom stereocenters. The zero-order chi connectivity index (χ0) is 20.1. The van der Waals surface area contributed by atoms with Gasteiger partial charge in [0.1, 0.15) is 5.82 Å². The smallest absolute Gasteiger partial charge is 0.233 e. The van der Waals surface area contributed by atoms with E-state index in [4.69, 9.17) is 0 Å². The van der Waals surface area contributed by atoms with Crippen LogP contribution in [0.15, 0.2) is 46.9 Å². The van der Waals surface area contributed by atoms with Crippen LogP contribution in [-0.2, 0) is 11.2 Å². The molecule has 0 saturated carbocycles. The Morgan fingerprint density at radius 3 is 2.45 bits per heavy atom. The first kappa shape index (κ1) is 23.7. The van der Waals surface area contributed by atoms with E-state index in [0.29, 0.717) is 11.7 Å². The van der Waals surface area contributed by atoms with Crippen molar-refractivity contribution in [3.63, 3.8) is 0 Å². The predicted octanol–water partition coefficient (Wildman–Crippen LogP) is 5.54. The molecular weight excluding hydrogens is 477 g/mol. The number of halogens is 3. The summed E-state index contributed by atoms with van der Waals surface area (Å²) in [5.41, 5.74) is 1.67. The molecule has 0 radical (unpaired) electrons. The summed E-state index contributed by atoms with van der Waals surface area (Å²) in [6.07, 6.45) is 0.220. The Balaban J connectivity index is 0.00000300. The third-order valence-corrected chi connectivity index (χ3v) is 6.21. The number of hydrogen-bond acceptors (Lipinski definition) is 4. The summed E-state index contributed by atoms with van der Waals surface area (Å²) in [6, 6.07) is 12.0. The van der Waals surface area contributed by atoms with Crippen LogP contribution in [0, 0.1) is 5.82 Å². The van der Waals surface area contributed by atoms with Crippen molar-refractivity contribution in [3.8, 4) is 0 Å². The number of rotatable bonds is 8. The fourth-order valence-electron chi connectivity index (χ4n) is 2.98. The number of aromatic nitrogens is 1. The lowest BCUT2D eigenvalue weighted by atomic mass is 10.1. The number of nitrogens with zero attached hydrogens (tertiary/aromatic N) is 3. The molecule has 156 valence electrons. The number of carbonyl (C=O) groups excluding carboxylic acids is 1. The highest BCUT2D eigenvalue weighted by molar-refractivity contribution is 9.10. The quantitative estimate of drug-likeness (QED) is 0.408. The van der Waals surface area contributed by atoms with Crippen LogP contribution in [0.2, 0.25) is 0 Å². The van der Waals surface area contributed by atoms with Crippen LogP contribution in [0.4, 0.5) is 9.52 Å². The summed E-state index contributed by atoms with van der Waals surface area (Å²) in [5, 5.41) is 0.701. The number of anilines is 1. The third kappa shape index (κ3) is 6.22. The van der Waals surface area contributed by atoms with Crippen LogP contribution in [0.25, 0.3) is 10.2 Å². The molecule has 3 rings (SSSR count). The highest BCUT2D eigenvalue weighted by Gasteiger charge is 2.21. The van der Waals surface area contributed by atoms with Gasteiger partial charge in [0.2, 0.25) is 5.91 Å². The number of benzene rings is 2. The Labute approximate surface area is 189 Å². The number of thiazole rings is 1. The van der Waals surface area contributed by atoms with E-state index in [1.807, 2.05) is 18.2 Å². The van der Waals surface area contributed by atoms with E-state index >= 15 is 0 Å². The normalized spacial score (nSPS) is 10.9. The standard InChI is InChI=1S/C21H23BrFN3OS.ClH/c1-3-25(4-2)11-12-26(20(27)13-15-5-8-17(23)9-6-15)21-24-18-10-7-16(22)14-19(18)28-21;/h5-10,14H,3-4,11-13H2,1-2H3;1H. The van der Waals surface area contributed by atoms with Crippen LogP contribution in [0.5, 0.6) is 0 Å². The van der Waals surface area contributed by atoms with Gasteiger partial charge in [-0.1, -0.05) is 53.2 Å². The van der Waals surface area contributed by atoms with E-state index in [2.05, 4.69) is 39.7 Å². The Morgan fingerprint density at radius 2 is 1.79 bits per heavy atom. The van der Waals surface area contributed by atoms with Crippen molar-refractivity contribution in [1.29, 1.82) is 0 Å². The molecule has 8 heteroatoms. The molecule has 1 aromatic heterocycles. The third-order valence-electron chi connectivity index (χ3n) is 4.67. The van der Waals surface area contributed by atoms with Crippen LogP contribution >= 0.6 is 39.7 Å². The molecule has 1 heterocycles. The topological polar surface area (TPSA) is 36.4 Å². The maximum Gasteiger partial charge on any atom is 0.233 e. The summed E-state index contributed by atoms with van der Waals surface area (Å²) in [5.74, 6) is -0.330. The van der Waals surface area contributed by atoms with E-state index in [0.717, 1.165) is 39.9 Å². The zero-order valence-electron chi connectivity index (χ0n) is 16.4. The minimum absolute atomic E-state index is 0. The van der Waals surface area contributed by atoms with Gasteiger partial charge in [-0.25, -0.2) is 9.37 Å². The lowest BCUT2D eigenvalue weighted by Gasteiger charge is -2.24. The van der Waals surface area contributed by atoms with Crippen molar-refractivity contribution in [1.82, 2.24) is 9.88 Å². The molecule has 0 unspecified atom stereocenters. The van der Waals surface area contributed by atoms with Gasteiger partial charge in [0.05, 0.1) is 16.6 Å². The lowest BCUT2D eigenvalue weighted by molar-refractivity contribution is -0.118. The first-order valence-corrected chi connectivity index (χ1v) is 10.9. The molecular formula is C21H24BrClFN3OS. The van der Waals surface area contributed by atoms with Crippen molar-refractivity contribution in [3.05, 3.63) is 58.3 Å². The van der Waals surface area contributed by atoms with Gasteiger partial charge in [-0.2, -0.15) is 0 Å². The van der Waals surface area contributed by atoms with Gasteiger partial charge < -0.3 is 4.90 Å². The average molecular weight is 501 g/mol. The zero-order valence-corrected chi connectivity index (χ0v) is 19.6. The first-order chi connectivity index (χ1) is 13.5. The Kier molecular flexibility index (Phi) is 9.02. The summed E-state index contributed by atoms with van der Waals surface area (Å²) in [7, 11) is 0. The predicted molar refractivity (Wildman–Crippen MR) is 125 cm³/mol. The van der Waals surface area contributed by atoms with Crippen LogP contribution in [-0.4, -0.2) is 42.0 Å². The SMILES string of the molecule is CCN(CC)CCN(C(=O)Cc1ccc(F)cc1)c1nc2ccc(Br)cc2s1.Cl. The largest absolute Gasteiger partial charge is 0.302 e. The summed E-state index contributed by atoms with van der Waals surface area (Å²) >= 11 is 5.00. The molecule has 4 nitrogen and oxygen atoms in total. The fraction of sp³-hybridized carbons (Fsp3) is 0.333. The van der Waals surface area contributed by atoms with Crippen LogP contribution in [0.1, 0.15) is 19.4 Å². The molecule has 0 aliphatic rings. The van der Waals surface area contributed by atoms with Gasteiger partial charge in [-0.05, 0) is 49.0 Å². The van der Waals surface area contributed by atoms with Gasteiger partial charge in [0, 0.05) is 17.6 Å². The van der Waals surface area contributed by atoms with Crippen LogP contribution < -0.4 is 4.90 Å². The van der Waals surface area contributed by atoms with E-state index in [9.17, 15) is 9.18 Å². The van der Waals surface area contributed by atoms with Crippen molar-refractivity contribution >= 4 is 60.9 Å². The summed E-state index contributed by atoms with van der Waals surface area (Å²) < 4.78 is 15.2. The Morgan fingerprint density at radius 1 is 1.10 bits per heavy atom. The van der Waals surface area contributed by atoms with Gasteiger partial charge >= 0.3 is 0 Å². The highest BCUT2D eigenvalue weighted by Crippen LogP contribution is 2.31. The van der Waals surface area contributed by atoms with E-state index in [1.54, 1.807) is 17.0 Å². The Bertz CT molecular complexity index is 947. The van der Waals surface area contributed by atoms with Crippen molar-refractivity contribution in [2.75, 3.05) is 31.1 Å². The maximum absolute atomic E-state index is 13.2. The maximum atomic E-state index is 13.2. The number of hydrogen-bond donors (Lipinski definition) is 0. The van der Waals surface area contributed by atoms with E-state index in [1.165, 1.54) is 23.5 Å². The lowest BCUT2D eigenvalue weighted by Crippen LogP contribution is -2.39. The Hall–Kier alpha value is -1.54. The van der Waals surface area contributed by atoms with Crippen molar-refractivity contribution < 1.29 is 9.18 Å². The van der Waals surface area contributed by atoms with E-state index in [-0.39, 0.29) is 30.6 Å². The minimum Gasteiger partial charge on any atom is -0.302 e. The number of amides is 1. The second kappa shape index (κ2) is 11.0. The molecule has 0 aliphatic heterocycles. The molecule has 0 N–H and O–H groups in total. The fourth-order valence-corrected chi connectivity index (χ4v) is 4.54. The molecule has 0 bridgehead atoms. The van der Waals surface area contributed by atoms with Gasteiger partial charge in [0.25, 0.3) is 0 Å². The van der Waals surface area contributed by atoms with Crippen molar-refractivity contribution in [2.45, 2.75) is 20.3 Å². The number of carbonyl (C=O) groups is 1. The molecule has 0 aliphatic carbocycles. The molecule has 2 aromatic carbocycles. The molecule has 0 fully saturated rings. The summed E-state index contributed by atoms with van der Waals surface area (Å²) in [6.45, 7) is 7.45. The second-order valence-electron chi connectivity index (χ2n) is 6.48. The van der Waals surface area contributed by atoms with Gasteiger partial charge in [-0.3, -0.25) is 9.69 Å². The molecule has 3 aromatic rings. The number of fused-ring (bicyclic) bond motifs is 1.